The zero-order valence-electron chi connectivity index (χ0n) is 19.8. The van der Waals surface area contributed by atoms with Gasteiger partial charge in [-0.3, -0.25) is 4.79 Å². The summed E-state index contributed by atoms with van der Waals surface area (Å²) in [6, 6.07) is 19.4. The standard InChI is InChI=1S/C29H29F2N3O/c1-2-20-6-5-7-23-25(19-32-29(20)23)24(21-10-12-22(30)13-11-21)18-28(35)34-16-14-33(15-17-34)27-9-4-3-8-26(27)31/h3-13,19,24,32H,2,14-18H2,1H3. The molecule has 1 atom stereocenters. The maximum Gasteiger partial charge on any atom is 0.223 e. The van der Waals surface area contributed by atoms with Crippen LogP contribution in [-0.2, 0) is 11.2 Å². The monoisotopic (exact) mass is 473 g/mol. The average molecular weight is 474 g/mol. The molecule has 5 rings (SSSR count). The summed E-state index contributed by atoms with van der Waals surface area (Å²) in [5.74, 6) is -0.688. The summed E-state index contributed by atoms with van der Waals surface area (Å²) < 4.78 is 27.9. The molecule has 1 fully saturated rings. The van der Waals surface area contributed by atoms with Crippen molar-refractivity contribution < 1.29 is 13.6 Å². The Balaban J connectivity index is 1.38. The molecule has 0 aliphatic carbocycles. The molecular weight excluding hydrogens is 444 g/mol. The molecule has 4 aromatic rings. The Morgan fingerprint density at radius 2 is 1.69 bits per heavy atom. The molecule has 3 aromatic carbocycles. The fraction of sp³-hybridized carbons (Fsp3) is 0.276. The number of aromatic amines is 1. The number of benzene rings is 3. The van der Waals surface area contributed by atoms with Crippen LogP contribution in [0.2, 0.25) is 0 Å². The first-order chi connectivity index (χ1) is 17.0. The van der Waals surface area contributed by atoms with Gasteiger partial charge in [-0.1, -0.05) is 49.4 Å². The highest BCUT2D eigenvalue weighted by atomic mass is 19.1. The van der Waals surface area contributed by atoms with E-state index >= 15 is 0 Å². The van der Waals surface area contributed by atoms with Crippen LogP contribution < -0.4 is 4.90 Å². The molecule has 6 heteroatoms. The number of aromatic nitrogens is 1. The normalized spacial score (nSPS) is 14.9. The van der Waals surface area contributed by atoms with Gasteiger partial charge in [0.15, 0.2) is 0 Å². The summed E-state index contributed by atoms with van der Waals surface area (Å²) in [4.78, 5) is 20.7. The smallest absolute Gasteiger partial charge is 0.223 e. The van der Waals surface area contributed by atoms with Gasteiger partial charge in [-0.05, 0) is 47.4 Å². The molecule has 0 spiro atoms. The van der Waals surface area contributed by atoms with Crippen molar-refractivity contribution in [1.29, 1.82) is 0 Å². The van der Waals surface area contributed by atoms with Crippen LogP contribution in [-0.4, -0.2) is 42.0 Å². The van der Waals surface area contributed by atoms with Crippen LogP contribution in [0.15, 0.2) is 72.9 Å². The maximum absolute atomic E-state index is 14.2. The van der Waals surface area contributed by atoms with E-state index in [1.54, 1.807) is 24.3 Å². The number of piperazine rings is 1. The Morgan fingerprint density at radius 1 is 0.943 bits per heavy atom. The summed E-state index contributed by atoms with van der Waals surface area (Å²) in [5.41, 5.74) is 4.84. The molecule has 1 aliphatic heterocycles. The number of hydrogen-bond acceptors (Lipinski definition) is 2. The van der Waals surface area contributed by atoms with Gasteiger partial charge in [0.25, 0.3) is 0 Å². The number of para-hydroxylation sites is 2. The second-order valence-corrected chi connectivity index (χ2v) is 9.06. The van der Waals surface area contributed by atoms with Gasteiger partial charge >= 0.3 is 0 Å². The molecule has 1 N–H and O–H groups in total. The van der Waals surface area contributed by atoms with Crippen molar-refractivity contribution in [3.8, 4) is 0 Å². The molecule has 1 unspecified atom stereocenters. The summed E-state index contributed by atoms with van der Waals surface area (Å²) in [7, 11) is 0. The van der Waals surface area contributed by atoms with Gasteiger partial charge in [0.05, 0.1) is 5.69 Å². The molecule has 35 heavy (non-hydrogen) atoms. The highest BCUT2D eigenvalue weighted by Crippen LogP contribution is 2.35. The highest BCUT2D eigenvalue weighted by Gasteiger charge is 2.27. The van der Waals surface area contributed by atoms with Crippen molar-refractivity contribution in [2.24, 2.45) is 0 Å². The fourth-order valence-electron chi connectivity index (χ4n) is 5.13. The van der Waals surface area contributed by atoms with E-state index in [2.05, 4.69) is 24.0 Å². The van der Waals surface area contributed by atoms with Gasteiger partial charge in [0.2, 0.25) is 5.91 Å². The highest BCUT2D eigenvalue weighted by molar-refractivity contribution is 5.88. The van der Waals surface area contributed by atoms with Crippen LogP contribution in [0.25, 0.3) is 10.9 Å². The number of fused-ring (bicyclic) bond motifs is 1. The zero-order valence-corrected chi connectivity index (χ0v) is 19.8. The molecule has 2 heterocycles. The molecule has 1 saturated heterocycles. The van der Waals surface area contributed by atoms with E-state index < -0.39 is 0 Å². The minimum absolute atomic E-state index is 0.0495. The molecule has 180 valence electrons. The number of H-pyrrole nitrogens is 1. The molecule has 0 saturated carbocycles. The number of hydrogen-bond donors (Lipinski definition) is 1. The van der Waals surface area contributed by atoms with Crippen molar-refractivity contribution in [2.75, 3.05) is 31.1 Å². The minimum atomic E-state index is -0.296. The number of nitrogens with zero attached hydrogens (tertiary/aromatic N) is 2. The van der Waals surface area contributed by atoms with Gasteiger partial charge in [0, 0.05) is 55.6 Å². The third-order valence-corrected chi connectivity index (χ3v) is 7.07. The summed E-state index contributed by atoms with van der Waals surface area (Å²) >= 11 is 0. The van der Waals surface area contributed by atoms with E-state index in [1.165, 1.54) is 23.8 Å². The molecule has 0 radical (unpaired) electrons. The molecule has 1 aromatic heterocycles. The van der Waals surface area contributed by atoms with Gasteiger partial charge < -0.3 is 14.8 Å². The first kappa shape index (κ1) is 23.1. The SMILES string of the molecule is CCc1cccc2c(C(CC(=O)N3CCN(c4ccccc4F)CC3)c3ccc(F)cc3)c[nH]c12. The van der Waals surface area contributed by atoms with Crippen molar-refractivity contribution in [3.05, 3.63) is 101 Å². The Hall–Kier alpha value is -3.67. The van der Waals surface area contributed by atoms with Crippen LogP contribution in [0, 0.1) is 11.6 Å². The maximum atomic E-state index is 14.2. The predicted molar refractivity (Wildman–Crippen MR) is 136 cm³/mol. The number of carbonyl (C=O) groups is 1. The lowest BCUT2D eigenvalue weighted by atomic mass is 9.87. The van der Waals surface area contributed by atoms with Crippen LogP contribution in [0.5, 0.6) is 0 Å². The second kappa shape index (κ2) is 9.90. The van der Waals surface area contributed by atoms with Crippen LogP contribution in [0.1, 0.15) is 36.0 Å². The Bertz CT molecular complexity index is 1320. The summed E-state index contributed by atoms with van der Waals surface area (Å²) in [6.07, 6.45) is 3.18. The summed E-state index contributed by atoms with van der Waals surface area (Å²) in [6.45, 7) is 4.37. The minimum Gasteiger partial charge on any atom is -0.366 e. The number of nitrogens with one attached hydrogen (secondary N) is 1. The Kier molecular flexibility index (Phi) is 6.53. The van der Waals surface area contributed by atoms with Gasteiger partial charge in [-0.25, -0.2) is 8.78 Å². The lowest BCUT2D eigenvalue weighted by Crippen LogP contribution is -2.49. The Labute approximate surface area is 204 Å². The number of rotatable bonds is 6. The van der Waals surface area contributed by atoms with Gasteiger partial charge in [-0.15, -0.1) is 0 Å². The van der Waals surface area contributed by atoms with E-state index in [0.29, 0.717) is 31.9 Å². The van der Waals surface area contributed by atoms with Crippen molar-refractivity contribution in [3.63, 3.8) is 0 Å². The first-order valence-electron chi connectivity index (χ1n) is 12.2. The number of amides is 1. The van der Waals surface area contributed by atoms with E-state index in [-0.39, 0.29) is 29.9 Å². The molecule has 1 aliphatic rings. The lowest BCUT2D eigenvalue weighted by molar-refractivity contribution is -0.131. The predicted octanol–water partition coefficient (Wildman–Crippen LogP) is 5.88. The second-order valence-electron chi connectivity index (χ2n) is 9.06. The van der Waals surface area contributed by atoms with Crippen molar-refractivity contribution >= 4 is 22.5 Å². The third kappa shape index (κ3) is 4.65. The molecular formula is C29H29F2N3O. The average Bonchev–Trinajstić information content (AvgIpc) is 3.32. The summed E-state index contributed by atoms with van der Waals surface area (Å²) in [5, 5.41) is 1.09. The first-order valence-corrected chi connectivity index (χ1v) is 12.2. The topological polar surface area (TPSA) is 39.3 Å². The molecule has 4 nitrogen and oxygen atoms in total. The van der Waals surface area contributed by atoms with Crippen LogP contribution >= 0.6 is 0 Å². The van der Waals surface area contributed by atoms with Crippen molar-refractivity contribution in [1.82, 2.24) is 9.88 Å². The van der Waals surface area contributed by atoms with E-state index in [9.17, 15) is 13.6 Å². The Morgan fingerprint density at radius 3 is 2.40 bits per heavy atom. The number of aryl methyl sites for hydroxylation is 1. The lowest BCUT2D eigenvalue weighted by Gasteiger charge is -2.36. The van der Waals surface area contributed by atoms with Crippen LogP contribution in [0.3, 0.4) is 0 Å². The quantitative estimate of drug-likeness (QED) is 0.380. The molecule has 1 amide bonds. The van der Waals surface area contributed by atoms with Gasteiger partial charge in [-0.2, -0.15) is 0 Å². The van der Waals surface area contributed by atoms with E-state index in [4.69, 9.17) is 0 Å². The van der Waals surface area contributed by atoms with Gasteiger partial charge in [0.1, 0.15) is 11.6 Å². The third-order valence-electron chi connectivity index (χ3n) is 7.07. The largest absolute Gasteiger partial charge is 0.366 e. The van der Waals surface area contributed by atoms with E-state index in [1.807, 2.05) is 28.1 Å². The fourth-order valence-corrected chi connectivity index (χ4v) is 5.13. The van der Waals surface area contributed by atoms with E-state index in [0.717, 1.165) is 28.5 Å². The number of anilines is 1. The van der Waals surface area contributed by atoms with Crippen LogP contribution in [0.4, 0.5) is 14.5 Å². The molecule has 0 bridgehead atoms. The number of carbonyl (C=O) groups excluding carboxylic acids is 1. The zero-order chi connectivity index (χ0) is 24.4. The number of halogens is 2. The van der Waals surface area contributed by atoms with Crippen molar-refractivity contribution in [2.45, 2.75) is 25.7 Å².